The molecular formula is C29H30N2O3. The number of benzene rings is 3. The zero-order valence-electron chi connectivity index (χ0n) is 19.4. The Bertz CT molecular complexity index is 1130. The van der Waals surface area contributed by atoms with Gasteiger partial charge in [-0.25, -0.2) is 4.79 Å². The summed E-state index contributed by atoms with van der Waals surface area (Å²) in [5, 5.41) is 2.45. The molecule has 3 aromatic carbocycles. The second-order valence-corrected chi connectivity index (χ2v) is 8.34. The van der Waals surface area contributed by atoms with Gasteiger partial charge in [0.05, 0.1) is 12.6 Å². The molecule has 5 heteroatoms. The van der Waals surface area contributed by atoms with E-state index in [0.717, 1.165) is 29.7 Å². The van der Waals surface area contributed by atoms with Crippen LogP contribution in [0.4, 0.5) is 4.79 Å². The van der Waals surface area contributed by atoms with Gasteiger partial charge in [-0.2, -0.15) is 0 Å². The third-order valence-electron chi connectivity index (χ3n) is 5.99. The van der Waals surface area contributed by atoms with Crippen LogP contribution in [-0.4, -0.2) is 23.4 Å². The molecule has 174 valence electrons. The number of rotatable bonds is 10. The molecule has 1 aliphatic heterocycles. The Morgan fingerprint density at radius 2 is 1.56 bits per heavy atom. The maximum Gasteiger partial charge on any atom is 0.329 e. The number of aryl methyl sites for hydroxylation is 1. The molecule has 3 aromatic rings. The van der Waals surface area contributed by atoms with Crippen LogP contribution in [0.2, 0.25) is 0 Å². The first kappa shape index (κ1) is 23.3. The van der Waals surface area contributed by atoms with Crippen molar-refractivity contribution in [3.8, 4) is 5.75 Å². The van der Waals surface area contributed by atoms with E-state index >= 15 is 0 Å². The minimum atomic E-state index is -0.369. The predicted molar refractivity (Wildman–Crippen MR) is 133 cm³/mol. The number of ether oxygens (including phenoxy) is 1. The molecule has 1 unspecified atom stereocenters. The van der Waals surface area contributed by atoms with Crippen molar-refractivity contribution < 1.29 is 14.3 Å². The third kappa shape index (κ3) is 5.73. The molecule has 1 N–H and O–H groups in total. The summed E-state index contributed by atoms with van der Waals surface area (Å²) in [5.74, 6) is 0.479. The van der Waals surface area contributed by atoms with Crippen molar-refractivity contribution >= 4 is 11.9 Å². The third-order valence-corrected chi connectivity index (χ3v) is 5.99. The van der Waals surface area contributed by atoms with Crippen molar-refractivity contribution in [1.29, 1.82) is 0 Å². The summed E-state index contributed by atoms with van der Waals surface area (Å²) >= 11 is 0. The van der Waals surface area contributed by atoms with Crippen LogP contribution in [0, 0.1) is 0 Å². The van der Waals surface area contributed by atoms with E-state index in [9.17, 15) is 9.59 Å². The fraction of sp³-hybridized carbons (Fsp3) is 0.241. The smallest absolute Gasteiger partial charge is 0.329 e. The second kappa shape index (κ2) is 11.3. The van der Waals surface area contributed by atoms with Gasteiger partial charge < -0.3 is 4.74 Å². The Kier molecular flexibility index (Phi) is 7.76. The maximum atomic E-state index is 12.6. The highest BCUT2D eigenvalue weighted by Crippen LogP contribution is 2.31. The van der Waals surface area contributed by atoms with Gasteiger partial charge in [-0.15, -0.1) is 0 Å². The topological polar surface area (TPSA) is 58.6 Å². The molecule has 1 heterocycles. The summed E-state index contributed by atoms with van der Waals surface area (Å²) in [6.07, 6.45) is 5.04. The highest BCUT2D eigenvalue weighted by molar-refractivity contribution is 6.11. The molecule has 1 atom stereocenters. The largest absolute Gasteiger partial charge is 0.494 e. The average Bonchev–Trinajstić information content (AvgIpc) is 3.15. The summed E-state index contributed by atoms with van der Waals surface area (Å²) in [4.78, 5) is 26.7. The van der Waals surface area contributed by atoms with Gasteiger partial charge in [-0.3, -0.25) is 15.0 Å². The molecule has 1 fully saturated rings. The molecule has 0 saturated carbocycles. The minimum absolute atomic E-state index is 0.189. The Morgan fingerprint density at radius 1 is 0.882 bits per heavy atom. The lowest BCUT2D eigenvalue weighted by atomic mass is 10.0. The highest BCUT2D eigenvalue weighted by atomic mass is 16.5. The van der Waals surface area contributed by atoms with Crippen LogP contribution >= 0.6 is 0 Å². The number of carbonyl (C=O) groups excluding carboxylic acids is 2. The minimum Gasteiger partial charge on any atom is -0.494 e. The van der Waals surface area contributed by atoms with Gasteiger partial charge in [-0.1, -0.05) is 85.8 Å². The molecule has 3 amide bonds. The van der Waals surface area contributed by atoms with E-state index in [4.69, 9.17) is 4.74 Å². The molecule has 1 aliphatic rings. The van der Waals surface area contributed by atoms with Gasteiger partial charge >= 0.3 is 6.03 Å². The first-order valence-electron chi connectivity index (χ1n) is 11.8. The Morgan fingerprint density at radius 3 is 2.24 bits per heavy atom. The van der Waals surface area contributed by atoms with Crippen LogP contribution in [0.1, 0.15) is 42.5 Å². The SMILES string of the molecule is CCC(c1ccccc1)N1C(=O)NC(=O)C1=CCc1ccc(OCCCc2ccccc2)cc1. The number of imide groups is 1. The van der Waals surface area contributed by atoms with Gasteiger partial charge in [0, 0.05) is 0 Å². The van der Waals surface area contributed by atoms with Gasteiger partial charge in [0.15, 0.2) is 0 Å². The number of nitrogens with one attached hydrogen (secondary N) is 1. The highest BCUT2D eigenvalue weighted by Gasteiger charge is 2.37. The lowest BCUT2D eigenvalue weighted by Crippen LogP contribution is -2.31. The molecule has 0 bridgehead atoms. The van der Waals surface area contributed by atoms with Gasteiger partial charge in [0.25, 0.3) is 5.91 Å². The summed E-state index contributed by atoms with van der Waals surface area (Å²) in [7, 11) is 0. The van der Waals surface area contributed by atoms with Crippen molar-refractivity contribution in [1.82, 2.24) is 10.2 Å². The fourth-order valence-electron chi connectivity index (χ4n) is 4.23. The Labute approximate surface area is 201 Å². The molecule has 34 heavy (non-hydrogen) atoms. The lowest BCUT2D eigenvalue weighted by Gasteiger charge is -2.26. The quantitative estimate of drug-likeness (QED) is 0.238. The first-order valence-corrected chi connectivity index (χ1v) is 11.8. The second-order valence-electron chi connectivity index (χ2n) is 8.34. The summed E-state index contributed by atoms with van der Waals surface area (Å²) in [5.41, 5.74) is 3.77. The summed E-state index contributed by atoms with van der Waals surface area (Å²) in [6, 6.07) is 27.5. The van der Waals surface area contributed by atoms with Crippen LogP contribution in [0.25, 0.3) is 0 Å². The number of amides is 3. The molecule has 0 spiro atoms. The standard InChI is InChI=1S/C29H30N2O3/c1-2-26(24-13-7-4-8-14-24)31-27(28(32)30-29(31)33)20-17-23-15-18-25(19-16-23)34-21-9-12-22-10-5-3-6-11-22/h3-8,10-11,13-16,18-20,26H,2,9,12,17,21H2,1H3,(H,30,32,33). The van der Waals surface area contributed by atoms with Crippen LogP contribution in [-0.2, 0) is 17.6 Å². The van der Waals surface area contributed by atoms with Crippen LogP contribution in [0.5, 0.6) is 5.75 Å². The van der Waals surface area contributed by atoms with Crippen molar-refractivity contribution in [2.75, 3.05) is 6.61 Å². The fourth-order valence-corrected chi connectivity index (χ4v) is 4.23. The van der Waals surface area contributed by atoms with E-state index in [2.05, 4.69) is 29.6 Å². The van der Waals surface area contributed by atoms with Crippen LogP contribution in [0.15, 0.2) is 96.7 Å². The number of hydrogen-bond acceptors (Lipinski definition) is 3. The van der Waals surface area contributed by atoms with E-state index in [1.165, 1.54) is 5.56 Å². The van der Waals surface area contributed by atoms with Crippen LogP contribution < -0.4 is 10.1 Å². The van der Waals surface area contributed by atoms with Gasteiger partial charge in [-0.05, 0) is 54.5 Å². The summed E-state index contributed by atoms with van der Waals surface area (Å²) < 4.78 is 5.87. The number of urea groups is 1. The van der Waals surface area contributed by atoms with E-state index in [1.54, 1.807) is 4.90 Å². The van der Waals surface area contributed by atoms with Gasteiger partial charge in [0.1, 0.15) is 11.4 Å². The number of nitrogens with zero attached hydrogens (tertiary/aromatic N) is 1. The molecular weight excluding hydrogens is 424 g/mol. The van der Waals surface area contributed by atoms with Crippen molar-refractivity contribution in [2.24, 2.45) is 0 Å². The Hall–Kier alpha value is -3.86. The van der Waals surface area contributed by atoms with Crippen molar-refractivity contribution in [3.05, 3.63) is 113 Å². The first-order chi connectivity index (χ1) is 16.7. The number of carbonyl (C=O) groups is 2. The molecule has 1 saturated heterocycles. The van der Waals surface area contributed by atoms with Crippen molar-refractivity contribution in [2.45, 2.75) is 38.6 Å². The molecule has 0 radical (unpaired) electrons. The monoisotopic (exact) mass is 454 g/mol. The zero-order chi connectivity index (χ0) is 23.8. The number of hydrogen-bond donors (Lipinski definition) is 1. The Balaban J connectivity index is 1.36. The van der Waals surface area contributed by atoms with E-state index in [1.807, 2.05) is 73.7 Å². The van der Waals surface area contributed by atoms with E-state index in [-0.39, 0.29) is 18.0 Å². The maximum absolute atomic E-state index is 12.6. The summed E-state index contributed by atoms with van der Waals surface area (Å²) in [6.45, 7) is 2.68. The lowest BCUT2D eigenvalue weighted by molar-refractivity contribution is -0.116. The molecule has 0 aromatic heterocycles. The normalized spacial score (nSPS) is 15.4. The average molecular weight is 455 g/mol. The molecule has 0 aliphatic carbocycles. The van der Waals surface area contributed by atoms with E-state index in [0.29, 0.717) is 25.1 Å². The number of allylic oxidation sites excluding steroid dienone is 1. The zero-order valence-corrected chi connectivity index (χ0v) is 19.4. The molecule has 5 nitrogen and oxygen atoms in total. The van der Waals surface area contributed by atoms with Gasteiger partial charge in [0.2, 0.25) is 0 Å². The van der Waals surface area contributed by atoms with E-state index < -0.39 is 0 Å². The predicted octanol–water partition coefficient (Wildman–Crippen LogP) is 5.83. The van der Waals surface area contributed by atoms with Crippen molar-refractivity contribution in [3.63, 3.8) is 0 Å². The van der Waals surface area contributed by atoms with Crippen LogP contribution in [0.3, 0.4) is 0 Å². The molecule has 4 rings (SSSR count).